The van der Waals surface area contributed by atoms with Crippen molar-refractivity contribution in [2.24, 2.45) is 0 Å². The van der Waals surface area contributed by atoms with E-state index >= 15 is 0 Å². The Labute approximate surface area is 181 Å². The van der Waals surface area contributed by atoms with Gasteiger partial charge in [0.2, 0.25) is 0 Å². The zero-order valence-corrected chi connectivity index (χ0v) is 19.0. The minimum absolute atomic E-state index is 0.0788. The molecule has 0 unspecified atom stereocenters. The molecule has 0 amide bonds. The van der Waals surface area contributed by atoms with Crippen LogP contribution in [-0.4, -0.2) is 39.4 Å². The highest BCUT2D eigenvalue weighted by molar-refractivity contribution is 7.99. The van der Waals surface area contributed by atoms with Crippen molar-refractivity contribution in [3.63, 3.8) is 0 Å². The third-order valence-corrected chi connectivity index (χ3v) is 6.38. The van der Waals surface area contributed by atoms with Gasteiger partial charge >= 0.3 is 0 Å². The number of ether oxygens (including phenoxy) is 1. The molecule has 7 heteroatoms. The van der Waals surface area contributed by atoms with Crippen LogP contribution < -0.4 is 0 Å². The van der Waals surface area contributed by atoms with E-state index in [0.29, 0.717) is 25.4 Å². The van der Waals surface area contributed by atoms with Crippen LogP contribution in [-0.2, 0) is 17.8 Å². The lowest BCUT2D eigenvalue weighted by molar-refractivity contribution is 0.102. The van der Waals surface area contributed by atoms with Crippen LogP contribution >= 0.6 is 11.8 Å². The van der Waals surface area contributed by atoms with Gasteiger partial charge in [-0.3, -0.25) is 4.79 Å². The zero-order chi connectivity index (χ0) is 21.8. The number of halogens is 1. The van der Waals surface area contributed by atoms with Crippen LogP contribution in [0.2, 0.25) is 0 Å². The molecule has 1 aromatic carbocycles. The molecule has 3 rings (SSSR count). The smallest absolute Gasteiger partial charge is 0.175 e. The minimum Gasteiger partial charge on any atom is -0.383 e. The number of aryl methyl sites for hydroxylation is 2. The third kappa shape index (κ3) is 4.84. The highest BCUT2D eigenvalue weighted by Crippen LogP contribution is 2.24. The number of carbonyl (C=O) groups excluding carboxylic acids is 1. The molecule has 2 aromatic heterocycles. The molecule has 0 bridgehead atoms. The first-order valence-corrected chi connectivity index (χ1v) is 10.9. The van der Waals surface area contributed by atoms with Gasteiger partial charge in [-0.25, -0.2) is 9.37 Å². The van der Waals surface area contributed by atoms with E-state index in [1.165, 1.54) is 23.9 Å². The van der Waals surface area contributed by atoms with E-state index in [-0.39, 0.29) is 11.6 Å². The Balaban J connectivity index is 1.74. The van der Waals surface area contributed by atoms with Crippen LogP contribution in [0.25, 0.3) is 0 Å². The summed E-state index contributed by atoms with van der Waals surface area (Å²) in [5.41, 5.74) is 5.73. The maximum atomic E-state index is 13.2. The number of imidazole rings is 1. The van der Waals surface area contributed by atoms with Crippen molar-refractivity contribution >= 4 is 17.5 Å². The predicted octanol–water partition coefficient (Wildman–Crippen LogP) is 4.73. The average molecular weight is 430 g/mol. The molecule has 0 N–H and O–H groups in total. The molecule has 0 radical (unpaired) electrons. The summed E-state index contributed by atoms with van der Waals surface area (Å²) in [6.07, 6.45) is 0. The van der Waals surface area contributed by atoms with Gasteiger partial charge in [0, 0.05) is 42.8 Å². The lowest BCUT2D eigenvalue weighted by Crippen LogP contribution is -2.10. The number of hydrogen-bond acceptors (Lipinski definition) is 4. The van der Waals surface area contributed by atoms with Crippen LogP contribution in [0.3, 0.4) is 0 Å². The fraction of sp³-hybridized carbons (Fsp3) is 0.391. The predicted molar refractivity (Wildman–Crippen MR) is 118 cm³/mol. The van der Waals surface area contributed by atoms with E-state index in [1.54, 1.807) is 19.2 Å². The Morgan fingerprint density at radius 1 is 1.10 bits per heavy atom. The number of carbonyl (C=O) groups is 1. The summed E-state index contributed by atoms with van der Waals surface area (Å²) in [7, 11) is 1.68. The molecule has 0 fully saturated rings. The van der Waals surface area contributed by atoms with Gasteiger partial charge in [0.05, 0.1) is 18.1 Å². The molecule has 0 aliphatic heterocycles. The summed E-state index contributed by atoms with van der Waals surface area (Å²) in [5.74, 6) is 0.154. The van der Waals surface area contributed by atoms with Gasteiger partial charge in [-0.2, -0.15) is 0 Å². The van der Waals surface area contributed by atoms with Gasteiger partial charge in [-0.15, -0.1) is 0 Å². The first kappa shape index (κ1) is 22.3. The molecular weight excluding hydrogens is 401 g/mol. The Bertz CT molecular complexity index is 1040. The van der Waals surface area contributed by atoms with Gasteiger partial charge in [-0.1, -0.05) is 23.9 Å². The number of nitrogens with zero attached hydrogens (tertiary/aromatic N) is 3. The molecule has 0 saturated carbocycles. The van der Waals surface area contributed by atoms with E-state index < -0.39 is 0 Å². The van der Waals surface area contributed by atoms with Gasteiger partial charge in [-0.05, 0) is 51.5 Å². The first-order valence-electron chi connectivity index (χ1n) is 9.91. The van der Waals surface area contributed by atoms with Crippen molar-refractivity contribution in [1.29, 1.82) is 0 Å². The number of rotatable bonds is 9. The molecule has 5 nitrogen and oxygen atoms in total. The van der Waals surface area contributed by atoms with E-state index in [0.717, 1.165) is 39.1 Å². The van der Waals surface area contributed by atoms with Crippen molar-refractivity contribution < 1.29 is 13.9 Å². The normalized spacial score (nSPS) is 11.3. The van der Waals surface area contributed by atoms with Crippen molar-refractivity contribution in [1.82, 2.24) is 14.1 Å². The summed E-state index contributed by atoms with van der Waals surface area (Å²) < 4.78 is 22.6. The van der Waals surface area contributed by atoms with Crippen LogP contribution in [0, 0.1) is 33.5 Å². The molecular formula is C23H28FN3O2S. The number of ketones is 1. The molecule has 0 atom stereocenters. The first-order chi connectivity index (χ1) is 14.3. The number of methoxy groups -OCH3 is 1. The summed E-state index contributed by atoms with van der Waals surface area (Å²) in [6, 6.07) is 8.41. The van der Waals surface area contributed by atoms with Crippen molar-refractivity contribution in [3.05, 3.63) is 70.1 Å². The van der Waals surface area contributed by atoms with E-state index in [4.69, 9.17) is 4.74 Å². The molecule has 0 spiro atoms. The highest BCUT2D eigenvalue weighted by Gasteiger charge is 2.18. The SMILES string of the molecule is COCCn1c(SCC(=O)c2cc(C)n(Cc3ccc(F)cc3)c2C)nc(C)c1C. The maximum Gasteiger partial charge on any atom is 0.175 e. The topological polar surface area (TPSA) is 49.0 Å². The molecule has 2 heterocycles. The van der Waals surface area contributed by atoms with Gasteiger partial charge in [0.15, 0.2) is 10.9 Å². The summed E-state index contributed by atoms with van der Waals surface area (Å²) in [6.45, 7) is 9.89. The molecule has 3 aromatic rings. The molecule has 0 aliphatic carbocycles. The largest absolute Gasteiger partial charge is 0.383 e. The van der Waals surface area contributed by atoms with Crippen LogP contribution in [0.1, 0.15) is 38.7 Å². The Morgan fingerprint density at radius 2 is 1.80 bits per heavy atom. The standard InChI is InChI=1S/C23H28FN3O2S/c1-15-12-21(18(4)27(15)13-19-6-8-20(24)9-7-19)22(28)14-30-23-25-16(2)17(3)26(23)10-11-29-5/h6-9,12H,10-11,13-14H2,1-5H3. The number of aromatic nitrogens is 3. The van der Waals surface area contributed by atoms with E-state index in [1.807, 2.05) is 33.8 Å². The van der Waals surface area contributed by atoms with Crippen molar-refractivity contribution in [2.45, 2.75) is 45.9 Å². The maximum absolute atomic E-state index is 13.2. The number of thioether (sulfide) groups is 1. The van der Waals surface area contributed by atoms with Crippen LogP contribution in [0.4, 0.5) is 4.39 Å². The van der Waals surface area contributed by atoms with Crippen LogP contribution in [0.15, 0.2) is 35.5 Å². The van der Waals surface area contributed by atoms with Crippen molar-refractivity contribution in [3.8, 4) is 0 Å². The van der Waals surface area contributed by atoms with Gasteiger partial charge < -0.3 is 13.9 Å². The Morgan fingerprint density at radius 3 is 2.47 bits per heavy atom. The second-order valence-electron chi connectivity index (χ2n) is 7.42. The van der Waals surface area contributed by atoms with Crippen LogP contribution in [0.5, 0.6) is 0 Å². The summed E-state index contributed by atoms with van der Waals surface area (Å²) >= 11 is 1.46. The summed E-state index contributed by atoms with van der Waals surface area (Å²) in [5, 5.41) is 0.843. The van der Waals surface area contributed by atoms with E-state index in [2.05, 4.69) is 14.1 Å². The average Bonchev–Trinajstić information content (AvgIpc) is 3.16. The monoisotopic (exact) mass is 429 g/mol. The van der Waals surface area contributed by atoms with Gasteiger partial charge in [0.1, 0.15) is 5.82 Å². The fourth-order valence-electron chi connectivity index (χ4n) is 3.49. The molecule has 160 valence electrons. The lowest BCUT2D eigenvalue weighted by atomic mass is 10.2. The zero-order valence-electron chi connectivity index (χ0n) is 18.2. The fourth-order valence-corrected chi connectivity index (χ4v) is 4.49. The number of benzene rings is 1. The molecule has 0 aliphatic rings. The summed E-state index contributed by atoms with van der Waals surface area (Å²) in [4.78, 5) is 17.6. The second-order valence-corrected chi connectivity index (χ2v) is 8.36. The number of hydrogen-bond donors (Lipinski definition) is 0. The van der Waals surface area contributed by atoms with Crippen molar-refractivity contribution in [2.75, 3.05) is 19.5 Å². The third-order valence-electron chi connectivity index (χ3n) is 5.40. The Hall–Kier alpha value is -2.38. The quantitative estimate of drug-likeness (QED) is 0.365. The molecule has 30 heavy (non-hydrogen) atoms. The minimum atomic E-state index is -0.248. The lowest BCUT2D eigenvalue weighted by Gasteiger charge is -2.10. The molecule has 0 saturated heterocycles. The highest BCUT2D eigenvalue weighted by atomic mass is 32.2. The van der Waals surface area contributed by atoms with E-state index in [9.17, 15) is 9.18 Å². The van der Waals surface area contributed by atoms with Gasteiger partial charge in [0.25, 0.3) is 0 Å². The Kier molecular flexibility index (Phi) is 7.15. The number of Topliss-reactive ketones (excluding diaryl/α,β-unsaturated/α-hetero) is 1. The second kappa shape index (κ2) is 9.62.